The Labute approximate surface area is 121 Å². The van der Waals surface area contributed by atoms with Crippen LogP contribution in [0.15, 0.2) is 30.3 Å². The number of nitrogens with one attached hydrogen (secondary N) is 1. The van der Waals surface area contributed by atoms with Gasteiger partial charge in [0.2, 0.25) is 5.91 Å². The van der Waals surface area contributed by atoms with Gasteiger partial charge in [-0.05, 0) is 24.8 Å². The molecule has 2 rings (SSSR count). The van der Waals surface area contributed by atoms with Crippen molar-refractivity contribution in [1.82, 2.24) is 5.32 Å². The summed E-state index contributed by atoms with van der Waals surface area (Å²) in [6, 6.07) is 10.2. The van der Waals surface area contributed by atoms with Gasteiger partial charge < -0.3 is 10.4 Å². The van der Waals surface area contributed by atoms with Gasteiger partial charge in [-0.1, -0.05) is 50.6 Å². The predicted octanol–water partition coefficient (Wildman–Crippen LogP) is 2.53. The first-order valence-corrected chi connectivity index (χ1v) is 7.50. The van der Waals surface area contributed by atoms with E-state index in [1.54, 1.807) is 0 Å². The van der Waals surface area contributed by atoms with E-state index < -0.39 is 0 Å². The normalized spacial score (nSPS) is 27.2. The number of hydrogen-bond donors (Lipinski definition) is 2. The third-order valence-corrected chi connectivity index (χ3v) is 4.59. The second kappa shape index (κ2) is 6.40. The molecule has 0 aromatic heterocycles. The zero-order valence-electron chi connectivity index (χ0n) is 12.4. The Hall–Kier alpha value is -1.35. The van der Waals surface area contributed by atoms with Crippen LogP contribution in [0, 0.1) is 11.3 Å². The fourth-order valence-corrected chi connectivity index (χ4v) is 3.04. The minimum Gasteiger partial charge on any atom is -0.396 e. The molecule has 1 aromatic rings. The van der Waals surface area contributed by atoms with Crippen LogP contribution in [0.4, 0.5) is 0 Å². The van der Waals surface area contributed by atoms with Gasteiger partial charge in [-0.25, -0.2) is 0 Å². The predicted molar refractivity (Wildman–Crippen MR) is 80.3 cm³/mol. The van der Waals surface area contributed by atoms with E-state index in [0.29, 0.717) is 0 Å². The summed E-state index contributed by atoms with van der Waals surface area (Å²) in [4.78, 5) is 12.3. The minimum atomic E-state index is -0.151. The van der Waals surface area contributed by atoms with Crippen LogP contribution in [0.25, 0.3) is 0 Å². The number of aliphatic hydroxyl groups excluding tert-OH is 1. The molecule has 3 heteroatoms. The van der Waals surface area contributed by atoms with Crippen molar-refractivity contribution in [2.45, 2.75) is 45.6 Å². The zero-order chi connectivity index (χ0) is 14.6. The van der Waals surface area contributed by atoms with Crippen LogP contribution < -0.4 is 5.32 Å². The van der Waals surface area contributed by atoms with Crippen molar-refractivity contribution in [3.63, 3.8) is 0 Å². The summed E-state index contributed by atoms with van der Waals surface area (Å²) >= 11 is 0. The molecule has 110 valence electrons. The van der Waals surface area contributed by atoms with Gasteiger partial charge in [0, 0.05) is 17.4 Å². The van der Waals surface area contributed by atoms with Crippen LogP contribution in [-0.4, -0.2) is 23.7 Å². The molecule has 0 aliphatic heterocycles. The number of aliphatic hydroxyl groups is 1. The van der Waals surface area contributed by atoms with Crippen LogP contribution in [-0.2, 0) is 11.2 Å². The Morgan fingerprint density at radius 1 is 1.45 bits per heavy atom. The van der Waals surface area contributed by atoms with Gasteiger partial charge in [0.05, 0.1) is 6.61 Å². The Kier molecular flexibility index (Phi) is 4.81. The van der Waals surface area contributed by atoms with E-state index in [9.17, 15) is 9.90 Å². The van der Waals surface area contributed by atoms with E-state index in [1.807, 2.05) is 25.1 Å². The summed E-state index contributed by atoms with van der Waals surface area (Å²) in [5, 5.41) is 12.7. The standard InChI is InChI=1S/C17H25NO2/c1-13(11-14-7-4-3-5-8-14)16(20)18-15-9-6-10-17(15,2)12-19/h3-5,7-8,13,15,19H,6,9-12H2,1-2H3,(H,18,20). The summed E-state index contributed by atoms with van der Waals surface area (Å²) in [5.74, 6) is 0.0568. The molecule has 1 amide bonds. The molecule has 0 radical (unpaired) electrons. The van der Waals surface area contributed by atoms with Crippen molar-refractivity contribution in [1.29, 1.82) is 0 Å². The van der Waals surface area contributed by atoms with Crippen molar-refractivity contribution in [3.05, 3.63) is 35.9 Å². The highest BCUT2D eigenvalue weighted by Gasteiger charge is 2.39. The topological polar surface area (TPSA) is 49.3 Å². The highest BCUT2D eigenvalue weighted by molar-refractivity contribution is 5.79. The van der Waals surface area contributed by atoms with Crippen molar-refractivity contribution in [2.75, 3.05) is 6.61 Å². The van der Waals surface area contributed by atoms with E-state index in [4.69, 9.17) is 0 Å². The molecule has 0 bridgehead atoms. The lowest BCUT2D eigenvalue weighted by atomic mass is 9.85. The van der Waals surface area contributed by atoms with Crippen LogP contribution in [0.3, 0.4) is 0 Å². The van der Waals surface area contributed by atoms with E-state index in [1.165, 1.54) is 5.56 Å². The summed E-state index contributed by atoms with van der Waals surface area (Å²) < 4.78 is 0. The summed E-state index contributed by atoms with van der Waals surface area (Å²) in [5.41, 5.74) is 1.04. The molecular formula is C17H25NO2. The maximum Gasteiger partial charge on any atom is 0.223 e. The van der Waals surface area contributed by atoms with E-state index in [2.05, 4.69) is 24.4 Å². The highest BCUT2D eigenvalue weighted by Crippen LogP contribution is 2.37. The molecule has 20 heavy (non-hydrogen) atoms. The molecule has 3 atom stereocenters. The number of amides is 1. The first kappa shape index (κ1) is 15.0. The number of carbonyl (C=O) groups excluding carboxylic acids is 1. The van der Waals surface area contributed by atoms with Gasteiger partial charge in [-0.2, -0.15) is 0 Å². The SMILES string of the molecule is CC(Cc1ccccc1)C(=O)NC1CCCC1(C)CO. The van der Waals surface area contributed by atoms with E-state index >= 15 is 0 Å². The van der Waals surface area contributed by atoms with Gasteiger partial charge in [-0.15, -0.1) is 0 Å². The third-order valence-electron chi connectivity index (χ3n) is 4.59. The van der Waals surface area contributed by atoms with Gasteiger partial charge in [-0.3, -0.25) is 4.79 Å². The molecule has 1 aromatic carbocycles. The molecule has 1 saturated carbocycles. The van der Waals surface area contributed by atoms with Crippen molar-refractivity contribution in [3.8, 4) is 0 Å². The zero-order valence-corrected chi connectivity index (χ0v) is 12.4. The van der Waals surface area contributed by atoms with Crippen LogP contribution >= 0.6 is 0 Å². The second-order valence-corrected chi connectivity index (χ2v) is 6.36. The second-order valence-electron chi connectivity index (χ2n) is 6.36. The molecule has 3 unspecified atom stereocenters. The molecular weight excluding hydrogens is 250 g/mol. The van der Waals surface area contributed by atoms with Crippen LogP contribution in [0.5, 0.6) is 0 Å². The molecule has 1 aliphatic rings. The first-order valence-electron chi connectivity index (χ1n) is 7.50. The lowest BCUT2D eigenvalue weighted by molar-refractivity contribution is -0.126. The monoisotopic (exact) mass is 275 g/mol. The van der Waals surface area contributed by atoms with Crippen LogP contribution in [0.2, 0.25) is 0 Å². The van der Waals surface area contributed by atoms with Gasteiger partial charge in [0.15, 0.2) is 0 Å². The molecule has 1 fully saturated rings. The molecule has 2 N–H and O–H groups in total. The molecule has 0 heterocycles. The van der Waals surface area contributed by atoms with E-state index in [0.717, 1.165) is 25.7 Å². The fourth-order valence-electron chi connectivity index (χ4n) is 3.04. The Morgan fingerprint density at radius 2 is 2.15 bits per heavy atom. The van der Waals surface area contributed by atoms with E-state index in [-0.39, 0.29) is 29.9 Å². The lowest BCUT2D eigenvalue weighted by Crippen LogP contribution is -2.46. The quantitative estimate of drug-likeness (QED) is 0.867. The van der Waals surface area contributed by atoms with Crippen molar-refractivity contribution < 1.29 is 9.90 Å². The number of hydrogen-bond acceptors (Lipinski definition) is 2. The van der Waals surface area contributed by atoms with Crippen molar-refractivity contribution in [2.24, 2.45) is 11.3 Å². The Morgan fingerprint density at radius 3 is 2.80 bits per heavy atom. The Balaban J connectivity index is 1.91. The molecule has 0 spiro atoms. The van der Waals surface area contributed by atoms with Gasteiger partial charge in [0.25, 0.3) is 0 Å². The maximum atomic E-state index is 12.3. The van der Waals surface area contributed by atoms with Gasteiger partial charge >= 0.3 is 0 Å². The van der Waals surface area contributed by atoms with Gasteiger partial charge in [0.1, 0.15) is 0 Å². The average Bonchev–Trinajstić information content (AvgIpc) is 2.82. The minimum absolute atomic E-state index is 0.0408. The molecule has 0 saturated heterocycles. The largest absolute Gasteiger partial charge is 0.396 e. The third kappa shape index (κ3) is 3.40. The lowest BCUT2D eigenvalue weighted by Gasteiger charge is -2.31. The van der Waals surface area contributed by atoms with Crippen molar-refractivity contribution >= 4 is 5.91 Å². The average molecular weight is 275 g/mol. The first-order chi connectivity index (χ1) is 9.55. The Bertz CT molecular complexity index is 446. The smallest absolute Gasteiger partial charge is 0.223 e. The van der Waals surface area contributed by atoms with Crippen LogP contribution in [0.1, 0.15) is 38.7 Å². The summed E-state index contributed by atoms with van der Waals surface area (Å²) in [6.07, 6.45) is 3.80. The number of carbonyl (C=O) groups is 1. The fraction of sp³-hybridized carbons (Fsp3) is 0.588. The molecule has 1 aliphatic carbocycles. The highest BCUT2D eigenvalue weighted by atomic mass is 16.3. The summed E-state index contributed by atoms with van der Waals surface area (Å²) in [7, 11) is 0. The number of benzene rings is 1. The summed E-state index contributed by atoms with van der Waals surface area (Å²) in [6.45, 7) is 4.17. The molecule has 3 nitrogen and oxygen atoms in total. The number of rotatable bonds is 5. The maximum absolute atomic E-state index is 12.3.